The molecule has 4 heteroatoms. The van der Waals surface area contributed by atoms with Crippen molar-refractivity contribution in [3.8, 4) is 0 Å². The lowest BCUT2D eigenvalue weighted by atomic mass is 10.1. The van der Waals surface area contributed by atoms with E-state index in [0.29, 0.717) is 6.61 Å². The predicted octanol–water partition coefficient (Wildman–Crippen LogP) is 10.5. The summed E-state index contributed by atoms with van der Waals surface area (Å²) in [5.74, 6) is 0. The highest BCUT2D eigenvalue weighted by Crippen LogP contribution is 2.24. The van der Waals surface area contributed by atoms with E-state index < -0.39 is 0 Å². The monoisotopic (exact) mass is 542 g/mol. The zero-order valence-electron chi connectivity index (χ0n) is 25.4. The molecule has 0 N–H and O–H groups in total. The van der Waals surface area contributed by atoms with Crippen LogP contribution in [-0.4, -0.2) is 37.3 Å². The highest BCUT2D eigenvalue weighted by molar-refractivity contribution is 5.77. The summed E-state index contributed by atoms with van der Waals surface area (Å²) in [6.45, 7) is 13.8. The summed E-state index contributed by atoms with van der Waals surface area (Å²) in [7, 11) is 0. The van der Waals surface area contributed by atoms with Crippen molar-refractivity contribution < 1.29 is 9.22 Å². The SMILES string of the molecule is CC[N+](CC)(CC)CCCCCCCCCCCCOCc1ccc(N=Nc2cccc(C3=C=CC=C3)c2)cc1. The second kappa shape index (κ2) is 18.5. The Morgan fingerprint density at radius 1 is 0.700 bits per heavy atom. The van der Waals surface area contributed by atoms with Gasteiger partial charge in [0.05, 0.1) is 44.2 Å². The van der Waals surface area contributed by atoms with E-state index in [9.17, 15) is 0 Å². The van der Waals surface area contributed by atoms with E-state index in [1.54, 1.807) is 0 Å². The van der Waals surface area contributed by atoms with Crippen LogP contribution in [-0.2, 0) is 11.3 Å². The van der Waals surface area contributed by atoms with Gasteiger partial charge in [-0.3, -0.25) is 0 Å². The number of hydrogen-bond donors (Lipinski definition) is 0. The lowest BCUT2D eigenvalue weighted by Gasteiger charge is -2.35. The molecule has 0 unspecified atom stereocenters. The van der Waals surface area contributed by atoms with Gasteiger partial charge in [-0.05, 0) is 87.6 Å². The molecule has 0 atom stereocenters. The number of hydrogen-bond acceptors (Lipinski definition) is 3. The Labute approximate surface area is 244 Å². The Morgan fingerprint density at radius 3 is 1.95 bits per heavy atom. The summed E-state index contributed by atoms with van der Waals surface area (Å²) < 4.78 is 7.21. The number of ether oxygens (including phenoxy) is 1. The summed E-state index contributed by atoms with van der Waals surface area (Å²) >= 11 is 0. The minimum absolute atomic E-state index is 0.657. The molecule has 216 valence electrons. The Morgan fingerprint density at radius 2 is 1.32 bits per heavy atom. The second-order valence-electron chi connectivity index (χ2n) is 11.1. The molecule has 0 saturated carbocycles. The number of azo groups is 1. The van der Waals surface area contributed by atoms with E-state index in [-0.39, 0.29) is 0 Å². The summed E-state index contributed by atoms with van der Waals surface area (Å²) in [5, 5.41) is 8.81. The summed E-state index contributed by atoms with van der Waals surface area (Å²) in [4.78, 5) is 0. The largest absolute Gasteiger partial charge is 0.377 e. The normalized spacial score (nSPS) is 13.0. The van der Waals surface area contributed by atoms with Crippen molar-refractivity contribution in [2.24, 2.45) is 10.2 Å². The van der Waals surface area contributed by atoms with Crippen molar-refractivity contribution in [3.63, 3.8) is 0 Å². The fraction of sp³-hybridized carbons (Fsp3) is 0.528. The van der Waals surface area contributed by atoms with Gasteiger partial charge >= 0.3 is 0 Å². The van der Waals surface area contributed by atoms with Crippen LogP contribution in [0.3, 0.4) is 0 Å². The number of allylic oxidation sites excluding steroid dienone is 3. The van der Waals surface area contributed by atoms with Gasteiger partial charge in [-0.15, -0.1) is 5.73 Å². The van der Waals surface area contributed by atoms with Crippen molar-refractivity contribution in [1.82, 2.24) is 0 Å². The van der Waals surface area contributed by atoms with Gasteiger partial charge in [0.1, 0.15) is 0 Å². The number of nitrogens with zero attached hydrogens (tertiary/aromatic N) is 3. The topological polar surface area (TPSA) is 34.0 Å². The molecule has 0 bridgehead atoms. The molecule has 0 amide bonds. The molecule has 4 nitrogen and oxygen atoms in total. The highest BCUT2D eigenvalue weighted by Gasteiger charge is 2.19. The van der Waals surface area contributed by atoms with Gasteiger partial charge < -0.3 is 9.22 Å². The first kappa shape index (κ1) is 31.7. The second-order valence-corrected chi connectivity index (χ2v) is 11.1. The first-order valence-corrected chi connectivity index (χ1v) is 15.9. The molecule has 40 heavy (non-hydrogen) atoms. The average Bonchev–Trinajstić information content (AvgIpc) is 3.55. The van der Waals surface area contributed by atoms with Crippen molar-refractivity contribution >= 4 is 16.9 Å². The zero-order valence-corrected chi connectivity index (χ0v) is 25.4. The lowest BCUT2D eigenvalue weighted by Crippen LogP contribution is -2.48. The third kappa shape index (κ3) is 11.4. The third-order valence-corrected chi connectivity index (χ3v) is 8.42. The van der Waals surface area contributed by atoms with Crippen LogP contribution in [0, 0.1) is 0 Å². The standard InChI is InChI=1S/C36H52N3O/c1-4-39(5-2,6-3)28-17-13-11-9-7-8-10-12-14-18-29-40-31-32-24-26-35(27-25-32)37-38-36-23-19-22-34(30-36)33-20-15-16-21-33/h15-16,19-20,22-27,30H,4-14,17-18,28-29,31H2,1-3H3/q+1. The average molecular weight is 543 g/mol. The highest BCUT2D eigenvalue weighted by atomic mass is 16.5. The molecule has 0 fully saturated rings. The predicted molar refractivity (Wildman–Crippen MR) is 170 cm³/mol. The molecule has 3 rings (SSSR count). The van der Waals surface area contributed by atoms with E-state index in [1.165, 1.54) is 94.0 Å². The van der Waals surface area contributed by atoms with Gasteiger partial charge in [0.2, 0.25) is 0 Å². The number of unbranched alkanes of at least 4 members (excludes halogenated alkanes) is 9. The van der Waals surface area contributed by atoms with E-state index >= 15 is 0 Å². The van der Waals surface area contributed by atoms with Crippen molar-refractivity contribution in [3.05, 3.63) is 83.6 Å². The maximum absolute atomic E-state index is 5.91. The number of rotatable bonds is 21. The Kier molecular flexibility index (Phi) is 14.7. The van der Waals surface area contributed by atoms with Gasteiger partial charge in [-0.2, -0.15) is 10.2 Å². The fourth-order valence-corrected chi connectivity index (χ4v) is 5.42. The first-order valence-electron chi connectivity index (χ1n) is 15.9. The third-order valence-electron chi connectivity index (χ3n) is 8.42. The molecule has 0 saturated heterocycles. The zero-order chi connectivity index (χ0) is 28.3. The van der Waals surface area contributed by atoms with Crippen LogP contribution >= 0.6 is 0 Å². The van der Waals surface area contributed by atoms with Crippen LogP contribution in [0.4, 0.5) is 11.4 Å². The van der Waals surface area contributed by atoms with Gasteiger partial charge in [-0.1, -0.05) is 75.3 Å². The molecule has 0 aliphatic heterocycles. The molecule has 2 aromatic carbocycles. The molecule has 0 spiro atoms. The first-order chi connectivity index (χ1) is 19.7. The molecular formula is C36H52N3O+. The van der Waals surface area contributed by atoms with Gasteiger partial charge in [0.15, 0.2) is 0 Å². The molecule has 1 aliphatic carbocycles. The van der Waals surface area contributed by atoms with Crippen LogP contribution in [0.1, 0.15) is 96.1 Å². The summed E-state index contributed by atoms with van der Waals surface area (Å²) in [6, 6.07) is 16.2. The van der Waals surface area contributed by atoms with Crippen LogP contribution in [0.5, 0.6) is 0 Å². The van der Waals surface area contributed by atoms with E-state index in [2.05, 4.69) is 61.0 Å². The van der Waals surface area contributed by atoms with Crippen molar-refractivity contribution in [2.45, 2.75) is 91.6 Å². The minimum atomic E-state index is 0.657. The number of benzene rings is 2. The minimum Gasteiger partial charge on any atom is -0.377 e. The van der Waals surface area contributed by atoms with Crippen LogP contribution < -0.4 is 0 Å². The quantitative estimate of drug-likeness (QED) is 0.0668. The maximum Gasteiger partial charge on any atom is 0.0863 e. The van der Waals surface area contributed by atoms with Crippen LogP contribution in [0.25, 0.3) is 5.57 Å². The molecule has 1 aliphatic rings. The molecular weight excluding hydrogens is 490 g/mol. The van der Waals surface area contributed by atoms with Crippen LogP contribution in [0.15, 0.2) is 82.7 Å². The Hall–Kier alpha value is -2.78. The smallest absolute Gasteiger partial charge is 0.0863 e. The van der Waals surface area contributed by atoms with Gasteiger partial charge in [-0.25, -0.2) is 0 Å². The molecule has 0 aromatic heterocycles. The number of quaternary nitrogens is 1. The molecule has 0 radical (unpaired) electrons. The van der Waals surface area contributed by atoms with E-state index in [1.807, 2.05) is 42.5 Å². The van der Waals surface area contributed by atoms with E-state index in [0.717, 1.165) is 35.5 Å². The fourth-order valence-electron chi connectivity index (χ4n) is 5.42. The van der Waals surface area contributed by atoms with Crippen molar-refractivity contribution in [1.29, 1.82) is 0 Å². The summed E-state index contributed by atoms with van der Waals surface area (Å²) in [5.41, 5.74) is 8.27. The van der Waals surface area contributed by atoms with Gasteiger partial charge in [0.25, 0.3) is 0 Å². The summed E-state index contributed by atoms with van der Waals surface area (Å²) in [6.07, 6.45) is 19.5. The maximum atomic E-state index is 5.91. The van der Waals surface area contributed by atoms with Crippen molar-refractivity contribution in [2.75, 3.05) is 32.8 Å². The molecule has 2 aromatic rings. The Balaban J connectivity index is 1.18. The molecule has 0 heterocycles. The Bertz CT molecular complexity index is 1100. The van der Waals surface area contributed by atoms with Crippen LogP contribution in [0.2, 0.25) is 0 Å². The van der Waals surface area contributed by atoms with E-state index in [4.69, 9.17) is 4.74 Å². The lowest BCUT2D eigenvalue weighted by molar-refractivity contribution is -0.923. The van der Waals surface area contributed by atoms with Gasteiger partial charge in [0, 0.05) is 12.2 Å².